The zero-order valence-corrected chi connectivity index (χ0v) is 14.7. The van der Waals surface area contributed by atoms with Crippen molar-refractivity contribution in [3.05, 3.63) is 78.0 Å². The standard InChI is InChI=1S/C22H18N4O/c27-14-15-6-10-18(11-7-15)23-21-12-19(16-4-2-1-3-5-16)24-22-13-20(17-8-9-17)25-26(21)22/h1-7,10-14,17,23H,8-9H2. The summed E-state index contributed by atoms with van der Waals surface area (Å²) in [5, 5.41) is 8.20. The van der Waals surface area contributed by atoms with Gasteiger partial charge in [-0.2, -0.15) is 9.61 Å². The third-order valence-corrected chi connectivity index (χ3v) is 4.83. The number of nitrogens with zero attached hydrogens (tertiary/aromatic N) is 3. The summed E-state index contributed by atoms with van der Waals surface area (Å²) in [4.78, 5) is 15.7. The first-order valence-corrected chi connectivity index (χ1v) is 9.08. The molecule has 0 saturated heterocycles. The van der Waals surface area contributed by atoms with E-state index >= 15 is 0 Å². The summed E-state index contributed by atoms with van der Waals surface area (Å²) in [6, 6.07) is 21.6. The predicted molar refractivity (Wildman–Crippen MR) is 106 cm³/mol. The Morgan fingerprint density at radius 2 is 1.78 bits per heavy atom. The molecule has 0 bridgehead atoms. The molecule has 1 aliphatic carbocycles. The first-order chi connectivity index (χ1) is 13.3. The van der Waals surface area contributed by atoms with Crippen LogP contribution in [0.3, 0.4) is 0 Å². The molecule has 1 saturated carbocycles. The molecule has 2 aromatic heterocycles. The van der Waals surface area contributed by atoms with Gasteiger partial charge in [0.15, 0.2) is 5.65 Å². The molecule has 5 nitrogen and oxygen atoms in total. The summed E-state index contributed by atoms with van der Waals surface area (Å²) in [6.45, 7) is 0. The number of nitrogens with one attached hydrogen (secondary N) is 1. The van der Waals surface area contributed by atoms with Gasteiger partial charge in [-0.25, -0.2) is 4.98 Å². The maximum absolute atomic E-state index is 10.9. The Kier molecular flexibility index (Phi) is 3.71. The number of anilines is 2. The van der Waals surface area contributed by atoms with E-state index in [4.69, 9.17) is 10.1 Å². The molecular weight excluding hydrogens is 336 g/mol. The van der Waals surface area contributed by atoms with Gasteiger partial charge in [-0.15, -0.1) is 0 Å². The Hall–Kier alpha value is -3.47. The lowest BCUT2D eigenvalue weighted by Gasteiger charge is -2.11. The average Bonchev–Trinajstić information content (AvgIpc) is 3.48. The lowest BCUT2D eigenvalue weighted by Crippen LogP contribution is -2.02. The highest BCUT2D eigenvalue weighted by Crippen LogP contribution is 2.40. The molecule has 5 rings (SSSR count). The van der Waals surface area contributed by atoms with Crippen molar-refractivity contribution in [3.63, 3.8) is 0 Å². The molecule has 0 atom stereocenters. The number of fused-ring (bicyclic) bond motifs is 1. The van der Waals surface area contributed by atoms with Crippen molar-refractivity contribution in [1.82, 2.24) is 14.6 Å². The number of hydrogen-bond donors (Lipinski definition) is 1. The highest BCUT2D eigenvalue weighted by molar-refractivity contribution is 5.76. The number of carbonyl (C=O) groups excluding carboxylic acids is 1. The smallest absolute Gasteiger partial charge is 0.158 e. The summed E-state index contributed by atoms with van der Waals surface area (Å²) < 4.78 is 1.87. The Balaban J connectivity index is 1.62. The van der Waals surface area contributed by atoms with E-state index in [9.17, 15) is 4.79 Å². The van der Waals surface area contributed by atoms with E-state index in [0.29, 0.717) is 11.5 Å². The van der Waals surface area contributed by atoms with Gasteiger partial charge in [-0.05, 0) is 37.1 Å². The molecule has 132 valence electrons. The van der Waals surface area contributed by atoms with E-state index in [1.165, 1.54) is 12.8 Å². The summed E-state index contributed by atoms with van der Waals surface area (Å²) in [7, 11) is 0. The van der Waals surface area contributed by atoms with Crippen molar-refractivity contribution in [2.75, 3.05) is 5.32 Å². The fourth-order valence-electron chi connectivity index (χ4n) is 3.21. The molecule has 1 aliphatic rings. The minimum atomic E-state index is 0.562. The normalized spacial score (nSPS) is 13.6. The van der Waals surface area contributed by atoms with Crippen molar-refractivity contribution >= 4 is 23.4 Å². The van der Waals surface area contributed by atoms with Crippen LogP contribution in [-0.4, -0.2) is 20.9 Å². The number of hydrogen-bond acceptors (Lipinski definition) is 4. The second-order valence-corrected chi connectivity index (χ2v) is 6.87. The summed E-state index contributed by atoms with van der Waals surface area (Å²) in [5.41, 5.74) is 5.46. The van der Waals surface area contributed by atoms with Crippen molar-refractivity contribution in [2.24, 2.45) is 0 Å². The van der Waals surface area contributed by atoms with Crippen LogP contribution in [-0.2, 0) is 0 Å². The monoisotopic (exact) mass is 354 g/mol. The minimum Gasteiger partial charge on any atom is -0.340 e. The molecule has 0 unspecified atom stereocenters. The zero-order valence-electron chi connectivity index (χ0n) is 14.7. The van der Waals surface area contributed by atoms with Crippen LogP contribution in [0.5, 0.6) is 0 Å². The number of aromatic nitrogens is 3. The van der Waals surface area contributed by atoms with Crippen LogP contribution in [0.4, 0.5) is 11.5 Å². The lowest BCUT2D eigenvalue weighted by molar-refractivity contribution is 0.112. The Labute approximate surface area is 156 Å². The molecule has 0 aliphatic heterocycles. The molecular formula is C22H18N4O. The largest absolute Gasteiger partial charge is 0.340 e. The number of carbonyl (C=O) groups is 1. The summed E-state index contributed by atoms with van der Waals surface area (Å²) >= 11 is 0. The third kappa shape index (κ3) is 3.08. The van der Waals surface area contributed by atoms with Crippen LogP contribution in [0.2, 0.25) is 0 Å². The lowest BCUT2D eigenvalue weighted by atomic mass is 10.1. The van der Waals surface area contributed by atoms with Crippen LogP contribution in [0, 0.1) is 0 Å². The molecule has 2 aromatic carbocycles. The summed E-state index contributed by atoms with van der Waals surface area (Å²) in [5.74, 6) is 1.41. The van der Waals surface area contributed by atoms with Gasteiger partial charge in [0.05, 0.1) is 11.4 Å². The molecule has 1 fully saturated rings. The number of benzene rings is 2. The van der Waals surface area contributed by atoms with Gasteiger partial charge in [0.25, 0.3) is 0 Å². The fraction of sp³-hybridized carbons (Fsp3) is 0.136. The molecule has 0 spiro atoms. The Morgan fingerprint density at radius 1 is 1.00 bits per heavy atom. The average molecular weight is 354 g/mol. The second-order valence-electron chi connectivity index (χ2n) is 6.87. The van der Waals surface area contributed by atoms with Gasteiger partial charge in [-0.1, -0.05) is 30.3 Å². The van der Waals surface area contributed by atoms with Crippen molar-refractivity contribution in [1.29, 1.82) is 0 Å². The second kappa shape index (κ2) is 6.36. The maximum atomic E-state index is 10.9. The van der Waals surface area contributed by atoms with E-state index in [1.54, 1.807) is 12.1 Å². The van der Waals surface area contributed by atoms with E-state index < -0.39 is 0 Å². The van der Waals surface area contributed by atoms with Crippen molar-refractivity contribution in [2.45, 2.75) is 18.8 Å². The highest BCUT2D eigenvalue weighted by atomic mass is 16.1. The van der Waals surface area contributed by atoms with Crippen LogP contribution in [0.15, 0.2) is 66.7 Å². The summed E-state index contributed by atoms with van der Waals surface area (Å²) in [6.07, 6.45) is 3.24. The van der Waals surface area contributed by atoms with Crippen LogP contribution in [0.1, 0.15) is 34.8 Å². The van der Waals surface area contributed by atoms with Gasteiger partial charge in [0, 0.05) is 34.9 Å². The molecule has 5 heteroatoms. The van der Waals surface area contributed by atoms with E-state index in [0.717, 1.165) is 40.4 Å². The third-order valence-electron chi connectivity index (χ3n) is 4.83. The van der Waals surface area contributed by atoms with Crippen LogP contribution in [0.25, 0.3) is 16.9 Å². The van der Waals surface area contributed by atoms with Gasteiger partial charge in [0.2, 0.25) is 0 Å². The molecule has 1 N–H and O–H groups in total. The molecule has 27 heavy (non-hydrogen) atoms. The first kappa shape index (κ1) is 15.8. The van der Waals surface area contributed by atoms with Crippen molar-refractivity contribution in [3.8, 4) is 11.3 Å². The SMILES string of the molecule is O=Cc1ccc(Nc2cc(-c3ccccc3)nc3cc(C4CC4)nn23)cc1. The fourth-order valence-corrected chi connectivity index (χ4v) is 3.21. The van der Waals surface area contributed by atoms with Crippen molar-refractivity contribution < 1.29 is 4.79 Å². The number of aldehydes is 1. The Bertz CT molecular complexity index is 1110. The molecule has 4 aromatic rings. The number of rotatable bonds is 5. The van der Waals surface area contributed by atoms with E-state index in [1.807, 2.05) is 40.9 Å². The van der Waals surface area contributed by atoms with Crippen LogP contribution >= 0.6 is 0 Å². The van der Waals surface area contributed by atoms with Gasteiger partial charge in [0.1, 0.15) is 12.1 Å². The maximum Gasteiger partial charge on any atom is 0.158 e. The molecule has 0 amide bonds. The van der Waals surface area contributed by atoms with Gasteiger partial charge < -0.3 is 5.32 Å². The topological polar surface area (TPSA) is 59.3 Å². The van der Waals surface area contributed by atoms with Crippen LogP contribution < -0.4 is 5.32 Å². The van der Waals surface area contributed by atoms with E-state index in [2.05, 4.69) is 23.5 Å². The minimum absolute atomic E-state index is 0.562. The molecule has 0 radical (unpaired) electrons. The Morgan fingerprint density at radius 3 is 2.48 bits per heavy atom. The van der Waals surface area contributed by atoms with Gasteiger partial charge >= 0.3 is 0 Å². The van der Waals surface area contributed by atoms with Gasteiger partial charge in [-0.3, -0.25) is 4.79 Å². The predicted octanol–water partition coefficient (Wildman–Crippen LogP) is 4.83. The first-order valence-electron chi connectivity index (χ1n) is 9.08. The molecule has 2 heterocycles. The quantitative estimate of drug-likeness (QED) is 0.522. The highest BCUT2D eigenvalue weighted by Gasteiger charge is 2.27. The van der Waals surface area contributed by atoms with E-state index in [-0.39, 0.29) is 0 Å². The zero-order chi connectivity index (χ0) is 18.2.